The van der Waals surface area contributed by atoms with E-state index in [0.717, 1.165) is 0 Å². The van der Waals surface area contributed by atoms with Crippen molar-refractivity contribution >= 4 is 5.97 Å². The van der Waals surface area contributed by atoms with E-state index in [1.54, 1.807) is 0 Å². The first-order chi connectivity index (χ1) is 6.27. The van der Waals surface area contributed by atoms with Crippen molar-refractivity contribution < 1.29 is 31.8 Å². The van der Waals surface area contributed by atoms with E-state index in [-0.39, 0.29) is 0 Å². The fraction of sp³-hybridized carbons (Fsp3) is 0.571. The molecule has 0 aromatic rings. The maximum atomic E-state index is 12.9. The summed E-state index contributed by atoms with van der Waals surface area (Å²) in [7, 11) is 0.523. The Morgan fingerprint density at radius 3 is 2.21 bits per heavy atom. The molecule has 0 radical (unpaired) electrons. The third kappa shape index (κ3) is 2.99. The largest absolute Gasteiger partial charge is 0.456 e. The SMILES string of the molecule is C=CC(=O)OCC(F)(OC)C(F)(F)F. The molecule has 0 fully saturated rings. The number of methoxy groups -OCH3 is 1. The van der Waals surface area contributed by atoms with Gasteiger partial charge in [0.2, 0.25) is 0 Å². The standard InChI is InChI=1S/C7H8F4O3/c1-3-5(12)14-4-6(8,13-2)7(9,10)11/h3H,1,4H2,2H3. The number of rotatable bonds is 4. The molecule has 0 rings (SSSR count). The fourth-order valence-corrected chi connectivity index (χ4v) is 0.479. The van der Waals surface area contributed by atoms with Crippen LogP contribution in [0.1, 0.15) is 0 Å². The van der Waals surface area contributed by atoms with Crippen LogP contribution in [0.2, 0.25) is 0 Å². The maximum absolute atomic E-state index is 12.9. The van der Waals surface area contributed by atoms with Crippen LogP contribution < -0.4 is 0 Å². The third-order valence-electron chi connectivity index (χ3n) is 1.31. The summed E-state index contributed by atoms with van der Waals surface area (Å²) in [5.74, 6) is -5.14. The number of ether oxygens (including phenoxy) is 2. The van der Waals surface area contributed by atoms with Crippen molar-refractivity contribution in [3.8, 4) is 0 Å². The van der Waals surface area contributed by atoms with Crippen LogP contribution in [0, 0.1) is 0 Å². The van der Waals surface area contributed by atoms with Crippen molar-refractivity contribution in [2.45, 2.75) is 12.0 Å². The molecule has 0 aliphatic rings. The van der Waals surface area contributed by atoms with E-state index in [4.69, 9.17) is 0 Å². The molecule has 0 aromatic carbocycles. The number of hydrogen-bond donors (Lipinski definition) is 0. The highest BCUT2D eigenvalue weighted by Gasteiger charge is 2.58. The van der Waals surface area contributed by atoms with Gasteiger partial charge in [0.05, 0.1) is 0 Å². The predicted octanol–water partition coefficient (Wildman–Crippen LogP) is 1.59. The first-order valence-corrected chi connectivity index (χ1v) is 3.37. The molecule has 0 saturated heterocycles. The van der Waals surface area contributed by atoms with Crippen molar-refractivity contribution in [3.05, 3.63) is 12.7 Å². The molecule has 0 spiro atoms. The monoisotopic (exact) mass is 216 g/mol. The quantitative estimate of drug-likeness (QED) is 0.406. The minimum Gasteiger partial charge on any atom is -0.456 e. The zero-order chi connectivity index (χ0) is 11.4. The van der Waals surface area contributed by atoms with Crippen LogP contribution >= 0.6 is 0 Å². The molecule has 7 heteroatoms. The molecule has 82 valence electrons. The smallest absolute Gasteiger partial charge is 0.452 e. The maximum Gasteiger partial charge on any atom is 0.452 e. The highest BCUT2D eigenvalue weighted by Crippen LogP contribution is 2.34. The normalized spacial score (nSPS) is 15.8. The Kier molecular flexibility index (Phi) is 4.06. The average molecular weight is 216 g/mol. The Hall–Kier alpha value is -1.11. The van der Waals surface area contributed by atoms with Gasteiger partial charge < -0.3 is 9.47 Å². The van der Waals surface area contributed by atoms with E-state index < -0.39 is 24.6 Å². The summed E-state index contributed by atoms with van der Waals surface area (Å²) in [4.78, 5) is 10.4. The molecular formula is C7H8F4O3. The molecule has 3 nitrogen and oxygen atoms in total. The van der Waals surface area contributed by atoms with Gasteiger partial charge in [-0.05, 0) is 0 Å². The van der Waals surface area contributed by atoms with Crippen molar-refractivity contribution in [3.63, 3.8) is 0 Å². The Labute approximate surface area is 77.3 Å². The summed E-state index contributed by atoms with van der Waals surface area (Å²) in [6.07, 6.45) is -4.64. The first kappa shape index (κ1) is 12.9. The first-order valence-electron chi connectivity index (χ1n) is 3.37. The Morgan fingerprint density at radius 1 is 1.43 bits per heavy atom. The van der Waals surface area contributed by atoms with Crippen LogP contribution in [0.3, 0.4) is 0 Å². The van der Waals surface area contributed by atoms with E-state index in [2.05, 4.69) is 16.1 Å². The van der Waals surface area contributed by atoms with E-state index in [1.165, 1.54) is 0 Å². The van der Waals surface area contributed by atoms with Gasteiger partial charge in [-0.15, -0.1) is 0 Å². The second kappa shape index (κ2) is 4.41. The lowest BCUT2D eigenvalue weighted by molar-refractivity contribution is -0.335. The van der Waals surface area contributed by atoms with Crippen molar-refractivity contribution in [1.82, 2.24) is 0 Å². The predicted molar refractivity (Wildman–Crippen MR) is 38.1 cm³/mol. The van der Waals surface area contributed by atoms with E-state index in [9.17, 15) is 22.4 Å². The molecule has 0 aliphatic heterocycles. The van der Waals surface area contributed by atoms with Gasteiger partial charge in [-0.25, -0.2) is 4.79 Å². The van der Waals surface area contributed by atoms with Crippen LogP contribution in [0.15, 0.2) is 12.7 Å². The lowest BCUT2D eigenvalue weighted by atomic mass is 10.3. The molecular weight excluding hydrogens is 208 g/mol. The number of esters is 1. The summed E-state index contributed by atoms with van der Waals surface area (Å²) in [5, 5.41) is 0. The molecule has 0 N–H and O–H groups in total. The zero-order valence-corrected chi connectivity index (χ0v) is 7.23. The van der Waals surface area contributed by atoms with Crippen LogP contribution in [0.4, 0.5) is 17.6 Å². The molecule has 0 aromatic heterocycles. The van der Waals surface area contributed by atoms with Crippen molar-refractivity contribution in [2.24, 2.45) is 0 Å². The lowest BCUT2D eigenvalue weighted by Crippen LogP contribution is -2.47. The topological polar surface area (TPSA) is 35.5 Å². The van der Waals surface area contributed by atoms with Crippen LogP contribution in [0.5, 0.6) is 0 Å². The third-order valence-corrected chi connectivity index (χ3v) is 1.31. The minimum atomic E-state index is -5.26. The van der Waals surface area contributed by atoms with Crippen molar-refractivity contribution in [2.75, 3.05) is 13.7 Å². The number of carbonyl (C=O) groups excluding carboxylic acids is 1. The van der Waals surface area contributed by atoms with Gasteiger partial charge >= 0.3 is 18.0 Å². The summed E-state index contributed by atoms with van der Waals surface area (Å²) in [5.41, 5.74) is 0. The number of halogens is 4. The molecule has 0 saturated carbocycles. The summed E-state index contributed by atoms with van der Waals surface area (Å²) >= 11 is 0. The lowest BCUT2D eigenvalue weighted by Gasteiger charge is -2.25. The van der Waals surface area contributed by atoms with Gasteiger partial charge in [-0.3, -0.25) is 0 Å². The summed E-state index contributed by atoms with van der Waals surface area (Å²) in [6, 6.07) is 0. The van der Waals surface area contributed by atoms with Crippen LogP contribution in [-0.4, -0.2) is 31.7 Å². The molecule has 0 heterocycles. The highest BCUT2D eigenvalue weighted by molar-refractivity contribution is 5.81. The Balaban J connectivity index is 4.42. The average Bonchev–Trinajstić information content (AvgIpc) is 2.11. The second-order valence-corrected chi connectivity index (χ2v) is 2.24. The van der Waals surface area contributed by atoms with Gasteiger partial charge in [0, 0.05) is 13.2 Å². The molecule has 14 heavy (non-hydrogen) atoms. The van der Waals surface area contributed by atoms with Crippen molar-refractivity contribution in [1.29, 1.82) is 0 Å². The van der Waals surface area contributed by atoms with E-state index in [1.807, 2.05) is 0 Å². The molecule has 0 amide bonds. The van der Waals surface area contributed by atoms with E-state index >= 15 is 0 Å². The Bertz CT molecular complexity index is 225. The molecule has 0 aliphatic carbocycles. The van der Waals surface area contributed by atoms with Gasteiger partial charge in [0.15, 0.2) is 6.61 Å². The molecule has 0 bridgehead atoms. The number of hydrogen-bond acceptors (Lipinski definition) is 3. The molecule has 1 unspecified atom stereocenters. The highest BCUT2D eigenvalue weighted by atomic mass is 19.4. The van der Waals surface area contributed by atoms with Crippen LogP contribution in [0.25, 0.3) is 0 Å². The second-order valence-electron chi connectivity index (χ2n) is 2.24. The van der Waals surface area contributed by atoms with E-state index in [0.29, 0.717) is 13.2 Å². The molecule has 1 atom stereocenters. The Morgan fingerprint density at radius 2 is 1.93 bits per heavy atom. The number of alkyl halides is 4. The number of carbonyl (C=O) groups is 1. The van der Waals surface area contributed by atoms with Crippen LogP contribution in [-0.2, 0) is 14.3 Å². The van der Waals surface area contributed by atoms with Gasteiger partial charge in [0.25, 0.3) is 0 Å². The summed E-state index contributed by atoms with van der Waals surface area (Å²) in [6.45, 7) is 1.37. The van der Waals surface area contributed by atoms with Gasteiger partial charge in [0.1, 0.15) is 0 Å². The van der Waals surface area contributed by atoms with Gasteiger partial charge in [-0.2, -0.15) is 17.6 Å². The zero-order valence-electron chi connectivity index (χ0n) is 7.23. The summed E-state index contributed by atoms with van der Waals surface area (Å²) < 4.78 is 56.2. The van der Waals surface area contributed by atoms with Gasteiger partial charge in [-0.1, -0.05) is 6.58 Å². The minimum absolute atomic E-state index is 0.523. The fourth-order valence-electron chi connectivity index (χ4n) is 0.479.